The number of carbonyl (C=O) groups excluding carboxylic acids is 1. The number of halogens is 2. The van der Waals surface area contributed by atoms with Gasteiger partial charge in [-0.05, 0) is 20.8 Å². The van der Waals surface area contributed by atoms with Gasteiger partial charge in [0.05, 0.1) is 37.0 Å². The molecule has 4 N–H and O–H groups in total. The van der Waals surface area contributed by atoms with Gasteiger partial charge in [0, 0.05) is 6.66 Å². The maximum absolute atomic E-state index is 15.4. The molecule has 2 unspecified atom stereocenters. The van der Waals surface area contributed by atoms with E-state index in [1.807, 2.05) is 0 Å². The molecule has 0 saturated carbocycles. The van der Waals surface area contributed by atoms with Crippen LogP contribution in [0.25, 0.3) is 0 Å². The number of hydrogen-bond acceptors (Lipinski definition) is 9. The Balaban J connectivity index is 2.18. The van der Waals surface area contributed by atoms with Gasteiger partial charge in [0.25, 0.3) is 7.52 Å². The molecule has 14 heteroatoms. The lowest BCUT2D eigenvalue weighted by Gasteiger charge is -2.31. The molecular weight excluding hydrogens is 453 g/mol. The first-order valence-corrected chi connectivity index (χ1v) is 11.9. The minimum absolute atomic E-state index is 0.371. The van der Waals surface area contributed by atoms with Crippen molar-refractivity contribution in [2.75, 3.05) is 25.6 Å². The average Bonchev–Trinajstić information content (AvgIpc) is 2.93. The van der Waals surface area contributed by atoms with Crippen molar-refractivity contribution in [2.45, 2.75) is 58.3 Å². The number of aromatic nitrogens is 2. The molecule has 0 radical (unpaired) electrons. The van der Waals surface area contributed by atoms with Gasteiger partial charge in [0.2, 0.25) is 0 Å². The number of nitrogens with two attached hydrogens (primary N) is 1. The molecule has 1 fully saturated rings. The van der Waals surface area contributed by atoms with Crippen molar-refractivity contribution in [1.82, 2.24) is 14.6 Å². The highest BCUT2D eigenvalue weighted by Crippen LogP contribution is 2.49. The molecule has 182 valence electrons. The number of aliphatic hydroxyl groups excluding tert-OH is 1. The standard InChI is InChI=1S/C18H29F2N4O7P/c1-9(2)30-16(26)10(3)23-32(5,28)29-8-18(4)12(7-25)31-15(13(18)20)24-6-11(19)14(21)22-17(24)27/h6,9-10,12-13,15,25H,7-8H2,1-5H3,(H,23,28)(H2,21,22,27)/t10-,12+,13-,15-,18?,32?/m0/s1. The summed E-state index contributed by atoms with van der Waals surface area (Å²) in [5.41, 5.74) is 2.63. The normalized spacial score (nSPS) is 28.5. The van der Waals surface area contributed by atoms with Crippen LogP contribution in [-0.4, -0.2) is 64.9 Å². The minimum atomic E-state index is -3.63. The van der Waals surface area contributed by atoms with E-state index in [-0.39, 0.29) is 6.10 Å². The van der Waals surface area contributed by atoms with E-state index in [9.17, 15) is 23.7 Å². The van der Waals surface area contributed by atoms with E-state index in [1.165, 1.54) is 20.5 Å². The molecule has 0 aromatic carbocycles. The van der Waals surface area contributed by atoms with Gasteiger partial charge in [-0.25, -0.2) is 18.7 Å². The predicted octanol–water partition coefficient (Wildman–Crippen LogP) is 0.968. The van der Waals surface area contributed by atoms with E-state index in [1.54, 1.807) is 13.8 Å². The summed E-state index contributed by atoms with van der Waals surface area (Å²) in [5, 5.41) is 12.2. The molecule has 11 nitrogen and oxygen atoms in total. The van der Waals surface area contributed by atoms with E-state index in [0.29, 0.717) is 10.8 Å². The van der Waals surface area contributed by atoms with E-state index in [0.717, 1.165) is 0 Å². The van der Waals surface area contributed by atoms with Crippen LogP contribution in [0.1, 0.15) is 33.9 Å². The highest BCUT2D eigenvalue weighted by atomic mass is 31.2. The molecule has 0 bridgehead atoms. The highest BCUT2D eigenvalue weighted by molar-refractivity contribution is 7.56. The number of anilines is 1. The number of carbonyl (C=O) groups is 1. The summed E-state index contributed by atoms with van der Waals surface area (Å²) in [5.74, 6) is -2.34. The van der Waals surface area contributed by atoms with Gasteiger partial charge in [-0.15, -0.1) is 0 Å². The Hall–Kier alpha value is -1.92. The quantitative estimate of drug-likeness (QED) is 0.342. The molecule has 1 aliphatic heterocycles. The molecule has 1 saturated heterocycles. The molecule has 2 heterocycles. The molecule has 1 aromatic rings. The zero-order valence-electron chi connectivity index (χ0n) is 18.4. The molecular formula is C18H29F2N4O7P. The highest BCUT2D eigenvalue weighted by Gasteiger charge is 2.56. The largest absolute Gasteiger partial charge is 0.462 e. The first-order valence-electron chi connectivity index (χ1n) is 9.86. The van der Waals surface area contributed by atoms with Gasteiger partial charge in [-0.2, -0.15) is 4.98 Å². The van der Waals surface area contributed by atoms with Crippen LogP contribution in [0.2, 0.25) is 0 Å². The third-order valence-electron chi connectivity index (χ3n) is 5.05. The number of rotatable bonds is 9. The van der Waals surface area contributed by atoms with Crippen LogP contribution in [0.4, 0.5) is 14.6 Å². The Morgan fingerprint density at radius 2 is 2.12 bits per heavy atom. The summed E-state index contributed by atoms with van der Waals surface area (Å²) in [7, 11) is -3.63. The molecule has 0 amide bonds. The fourth-order valence-electron chi connectivity index (χ4n) is 3.21. The molecule has 32 heavy (non-hydrogen) atoms. The van der Waals surface area contributed by atoms with Crippen LogP contribution in [-0.2, 0) is 23.4 Å². The van der Waals surface area contributed by atoms with Crippen molar-refractivity contribution in [3.63, 3.8) is 0 Å². The first-order chi connectivity index (χ1) is 14.7. The summed E-state index contributed by atoms with van der Waals surface area (Å²) in [6.07, 6.45) is -4.50. The van der Waals surface area contributed by atoms with Gasteiger partial charge in [-0.1, -0.05) is 6.92 Å². The maximum Gasteiger partial charge on any atom is 0.351 e. The number of ether oxygens (including phenoxy) is 2. The van der Waals surface area contributed by atoms with Gasteiger partial charge in [0.15, 0.2) is 24.0 Å². The van der Waals surface area contributed by atoms with Crippen LogP contribution in [0.5, 0.6) is 0 Å². The fraction of sp³-hybridized carbons (Fsp3) is 0.722. The molecule has 0 spiro atoms. The summed E-state index contributed by atoms with van der Waals surface area (Å²) in [6.45, 7) is 6.15. The van der Waals surface area contributed by atoms with E-state index in [4.69, 9.17) is 19.7 Å². The molecule has 1 aliphatic rings. The van der Waals surface area contributed by atoms with Crippen molar-refractivity contribution in [2.24, 2.45) is 5.41 Å². The van der Waals surface area contributed by atoms with E-state index in [2.05, 4.69) is 10.1 Å². The van der Waals surface area contributed by atoms with Crippen molar-refractivity contribution < 1.29 is 37.2 Å². The van der Waals surface area contributed by atoms with Gasteiger partial charge < -0.3 is 24.8 Å². The molecule has 2 rings (SSSR count). The SMILES string of the molecule is CC(C)OC(=O)[C@H](C)NP(C)(=O)OCC1(C)[C@@H](CO)O[C@H](n2cc(F)c(N)nc2=O)[C@@H]1F. The van der Waals surface area contributed by atoms with Crippen molar-refractivity contribution in [3.05, 3.63) is 22.5 Å². The van der Waals surface area contributed by atoms with Crippen LogP contribution in [0, 0.1) is 11.2 Å². The topological polar surface area (TPSA) is 155 Å². The lowest BCUT2D eigenvalue weighted by molar-refractivity contribution is -0.149. The molecule has 1 aromatic heterocycles. The van der Waals surface area contributed by atoms with Crippen molar-refractivity contribution >= 4 is 19.3 Å². The van der Waals surface area contributed by atoms with Gasteiger partial charge in [0.1, 0.15) is 6.04 Å². The van der Waals surface area contributed by atoms with Crippen LogP contribution >= 0.6 is 7.52 Å². The minimum Gasteiger partial charge on any atom is -0.462 e. The zero-order chi connectivity index (χ0) is 24.4. The summed E-state index contributed by atoms with van der Waals surface area (Å²) >= 11 is 0. The van der Waals surface area contributed by atoms with Crippen molar-refractivity contribution in [1.29, 1.82) is 0 Å². The summed E-state index contributed by atoms with van der Waals surface area (Å²) in [6, 6.07) is -0.967. The van der Waals surface area contributed by atoms with Crippen molar-refractivity contribution in [3.8, 4) is 0 Å². The number of hydrogen-bond donors (Lipinski definition) is 3. The fourth-order valence-corrected chi connectivity index (χ4v) is 4.61. The third kappa shape index (κ3) is 5.70. The predicted molar refractivity (Wildman–Crippen MR) is 110 cm³/mol. The van der Waals surface area contributed by atoms with Gasteiger partial charge in [-0.3, -0.25) is 13.9 Å². The summed E-state index contributed by atoms with van der Waals surface area (Å²) < 4.78 is 58.5. The zero-order valence-corrected chi connectivity index (χ0v) is 19.3. The average molecular weight is 482 g/mol. The second kappa shape index (κ2) is 9.92. The summed E-state index contributed by atoms with van der Waals surface area (Å²) in [4.78, 5) is 27.3. The number of nitrogens with one attached hydrogen (secondary N) is 1. The number of alkyl halides is 1. The monoisotopic (exact) mass is 482 g/mol. The number of esters is 1. The Labute approximate surface area is 183 Å². The lowest BCUT2D eigenvalue weighted by Crippen LogP contribution is -2.43. The Kier molecular flexibility index (Phi) is 8.16. The molecule has 6 atom stereocenters. The second-order valence-electron chi connectivity index (χ2n) is 8.23. The number of aliphatic hydroxyl groups is 1. The Morgan fingerprint density at radius 1 is 1.50 bits per heavy atom. The molecule has 0 aliphatic carbocycles. The number of nitrogen functional groups attached to an aromatic ring is 1. The van der Waals surface area contributed by atoms with Crippen LogP contribution in [0.3, 0.4) is 0 Å². The smallest absolute Gasteiger partial charge is 0.351 e. The van der Waals surface area contributed by atoms with E-state index >= 15 is 4.39 Å². The lowest BCUT2D eigenvalue weighted by atomic mass is 9.82. The first kappa shape index (κ1) is 26.3. The van der Waals surface area contributed by atoms with Gasteiger partial charge >= 0.3 is 11.7 Å². The second-order valence-corrected chi connectivity index (χ2v) is 10.4. The third-order valence-corrected chi connectivity index (χ3v) is 6.53. The van der Waals surface area contributed by atoms with E-state index < -0.39 is 74.0 Å². The number of nitrogens with zero attached hydrogens (tertiary/aromatic N) is 2. The maximum atomic E-state index is 15.4. The Morgan fingerprint density at radius 3 is 2.69 bits per heavy atom. The Bertz CT molecular complexity index is 946. The van der Waals surface area contributed by atoms with Crippen LogP contribution < -0.4 is 16.5 Å². The van der Waals surface area contributed by atoms with Crippen LogP contribution in [0.15, 0.2) is 11.0 Å².